The van der Waals surface area contributed by atoms with Crippen LogP contribution in [0.4, 0.5) is 15.8 Å². The van der Waals surface area contributed by atoms with Gasteiger partial charge < -0.3 is 4.90 Å². The number of hydrogen-bond donors (Lipinski definition) is 1. The van der Waals surface area contributed by atoms with Gasteiger partial charge in [0.1, 0.15) is 11.4 Å². The Kier molecular flexibility index (Phi) is 5.40. The van der Waals surface area contributed by atoms with Crippen molar-refractivity contribution in [2.24, 2.45) is 0 Å². The van der Waals surface area contributed by atoms with Gasteiger partial charge in [-0.2, -0.15) is 0 Å². The summed E-state index contributed by atoms with van der Waals surface area (Å²) < 4.78 is 14.2. The van der Waals surface area contributed by atoms with Crippen LogP contribution in [0.25, 0.3) is 6.08 Å². The molecule has 2 aromatic rings. The van der Waals surface area contributed by atoms with Gasteiger partial charge in [0, 0.05) is 18.8 Å². The fraction of sp³-hybridized carbons (Fsp3) is 0.227. The number of thiocarbonyl (C=S) groups is 1. The smallest absolute Gasteiger partial charge is 0.270 e. The maximum Gasteiger partial charge on any atom is 0.270 e. The molecule has 7 heteroatoms. The van der Waals surface area contributed by atoms with Crippen molar-refractivity contribution in [2.75, 3.05) is 22.9 Å². The Morgan fingerprint density at radius 3 is 2.34 bits per heavy atom. The van der Waals surface area contributed by atoms with Gasteiger partial charge in [-0.3, -0.25) is 14.9 Å². The van der Waals surface area contributed by atoms with E-state index in [1.807, 2.05) is 24.3 Å². The molecule has 4 rings (SSSR count). The summed E-state index contributed by atoms with van der Waals surface area (Å²) >= 11 is 5.10. The van der Waals surface area contributed by atoms with E-state index in [4.69, 9.17) is 12.2 Å². The lowest BCUT2D eigenvalue weighted by Gasteiger charge is -2.29. The molecule has 2 aliphatic heterocycles. The Morgan fingerprint density at radius 1 is 0.966 bits per heavy atom. The fourth-order valence-electron chi connectivity index (χ4n) is 3.61. The standard InChI is InChI=1S/C22H20FN3O2S/c23-18-6-2-3-7-19(18)26-21(28)17(20(27)24-22(26)29)14-15-8-10-16(11-9-15)25-12-4-1-5-13-25/h2-3,6-11,14H,1,4-5,12-13H2,(H,24,27,29)/b17-14+. The number of nitrogens with zero attached hydrogens (tertiary/aromatic N) is 2. The van der Waals surface area contributed by atoms with Gasteiger partial charge in [-0.15, -0.1) is 0 Å². The molecule has 0 aliphatic carbocycles. The fourth-order valence-corrected chi connectivity index (χ4v) is 3.88. The van der Waals surface area contributed by atoms with Crippen LogP contribution < -0.4 is 15.1 Å². The summed E-state index contributed by atoms with van der Waals surface area (Å²) in [4.78, 5) is 28.7. The first-order valence-corrected chi connectivity index (χ1v) is 9.96. The van der Waals surface area contributed by atoms with Crippen LogP contribution in [0.2, 0.25) is 0 Å². The van der Waals surface area contributed by atoms with Crippen LogP contribution in [-0.2, 0) is 9.59 Å². The van der Waals surface area contributed by atoms with Crippen molar-refractivity contribution in [1.29, 1.82) is 0 Å². The van der Waals surface area contributed by atoms with Crippen LogP contribution in [-0.4, -0.2) is 30.0 Å². The predicted molar refractivity (Wildman–Crippen MR) is 115 cm³/mol. The minimum Gasteiger partial charge on any atom is -0.372 e. The number of rotatable bonds is 3. The normalized spacial score (nSPS) is 18.9. The van der Waals surface area contributed by atoms with Gasteiger partial charge in [0.2, 0.25) is 0 Å². The molecule has 0 aromatic heterocycles. The number of anilines is 2. The summed E-state index contributed by atoms with van der Waals surface area (Å²) in [6.07, 6.45) is 5.14. The molecule has 0 bridgehead atoms. The highest BCUT2D eigenvalue weighted by atomic mass is 32.1. The molecule has 2 aliphatic rings. The first-order chi connectivity index (χ1) is 14.0. The van der Waals surface area contributed by atoms with Crippen LogP contribution in [0.1, 0.15) is 24.8 Å². The molecule has 148 valence electrons. The molecule has 1 N–H and O–H groups in total. The topological polar surface area (TPSA) is 52.7 Å². The number of carbonyl (C=O) groups excluding carboxylic acids is 2. The third-order valence-electron chi connectivity index (χ3n) is 5.12. The number of amides is 2. The van der Waals surface area contributed by atoms with E-state index in [9.17, 15) is 14.0 Å². The average molecular weight is 409 g/mol. The van der Waals surface area contributed by atoms with Gasteiger partial charge in [-0.1, -0.05) is 24.3 Å². The lowest BCUT2D eigenvalue weighted by Crippen LogP contribution is -2.54. The summed E-state index contributed by atoms with van der Waals surface area (Å²) in [7, 11) is 0. The van der Waals surface area contributed by atoms with E-state index in [-0.39, 0.29) is 16.4 Å². The molecule has 0 saturated carbocycles. The lowest BCUT2D eigenvalue weighted by atomic mass is 10.1. The monoisotopic (exact) mass is 409 g/mol. The van der Waals surface area contributed by atoms with E-state index in [2.05, 4.69) is 10.2 Å². The Labute approximate surface area is 173 Å². The summed E-state index contributed by atoms with van der Waals surface area (Å²) in [5.41, 5.74) is 1.76. The molecule has 2 amide bonds. The van der Waals surface area contributed by atoms with Crippen molar-refractivity contribution in [3.63, 3.8) is 0 Å². The minimum atomic E-state index is -0.649. The zero-order chi connectivity index (χ0) is 20.4. The molecular weight excluding hydrogens is 389 g/mol. The minimum absolute atomic E-state index is 0.00819. The van der Waals surface area contributed by atoms with Gasteiger partial charge in [0.25, 0.3) is 11.8 Å². The van der Waals surface area contributed by atoms with Gasteiger partial charge in [-0.25, -0.2) is 9.29 Å². The first-order valence-electron chi connectivity index (χ1n) is 9.55. The highest BCUT2D eigenvalue weighted by Gasteiger charge is 2.35. The molecule has 0 unspecified atom stereocenters. The predicted octanol–water partition coefficient (Wildman–Crippen LogP) is 3.65. The quantitative estimate of drug-likeness (QED) is 0.478. The van der Waals surface area contributed by atoms with E-state index < -0.39 is 17.6 Å². The Hall–Kier alpha value is -3.06. The Balaban J connectivity index is 1.62. The second kappa shape index (κ2) is 8.13. The Bertz CT molecular complexity index is 997. The van der Waals surface area contributed by atoms with Crippen molar-refractivity contribution < 1.29 is 14.0 Å². The van der Waals surface area contributed by atoms with Crippen LogP contribution >= 0.6 is 12.2 Å². The van der Waals surface area contributed by atoms with E-state index in [1.54, 1.807) is 6.07 Å². The van der Waals surface area contributed by atoms with Crippen LogP contribution in [0.3, 0.4) is 0 Å². The largest absolute Gasteiger partial charge is 0.372 e. The highest BCUT2D eigenvalue weighted by Crippen LogP contribution is 2.25. The number of nitrogens with one attached hydrogen (secondary N) is 1. The third kappa shape index (κ3) is 3.91. The second-order valence-electron chi connectivity index (χ2n) is 7.05. The first kappa shape index (κ1) is 19.3. The summed E-state index contributed by atoms with van der Waals surface area (Å²) in [5.74, 6) is -1.83. The van der Waals surface area contributed by atoms with Crippen molar-refractivity contribution in [2.45, 2.75) is 19.3 Å². The van der Waals surface area contributed by atoms with Crippen molar-refractivity contribution in [3.05, 3.63) is 65.5 Å². The van der Waals surface area contributed by atoms with Crippen LogP contribution in [0, 0.1) is 5.82 Å². The summed E-state index contributed by atoms with van der Waals surface area (Å²) in [6, 6.07) is 13.5. The number of hydrogen-bond acceptors (Lipinski definition) is 4. The molecular formula is C22H20FN3O2S. The molecule has 2 fully saturated rings. The van der Waals surface area contributed by atoms with Gasteiger partial charge >= 0.3 is 0 Å². The number of benzene rings is 2. The molecule has 2 saturated heterocycles. The maximum atomic E-state index is 14.2. The maximum absolute atomic E-state index is 14.2. The number of piperidine rings is 1. The zero-order valence-corrected chi connectivity index (χ0v) is 16.5. The summed E-state index contributed by atoms with van der Waals surface area (Å²) in [6.45, 7) is 2.08. The van der Waals surface area contributed by atoms with Crippen molar-refractivity contribution >= 4 is 46.6 Å². The molecule has 2 heterocycles. The SMILES string of the molecule is O=C1NC(=S)N(c2ccccc2F)C(=O)/C1=C/c1ccc(N2CCCCC2)cc1. The van der Waals surface area contributed by atoms with Crippen molar-refractivity contribution in [3.8, 4) is 0 Å². The van der Waals surface area contributed by atoms with E-state index in [1.165, 1.54) is 43.5 Å². The highest BCUT2D eigenvalue weighted by molar-refractivity contribution is 7.80. The van der Waals surface area contributed by atoms with Crippen LogP contribution in [0.15, 0.2) is 54.1 Å². The zero-order valence-electron chi connectivity index (χ0n) is 15.7. The van der Waals surface area contributed by atoms with Gasteiger partial charge in [0.15, 0.2) is 5.11 Å². The van der Waals surface area contributed by atoms with Gasteiger partial charge in [0.05, 0.1) is 5.69 Å². The molecule has 0 atom stereocenters. The van der Waals surface area contributed by atoms with E-state index in [0.717, 1.165) is 23.7 Å². The summed E-state index contributed by atoms with van der Waals surface area (Å²) in [5, 5.41) is 2.34. The third-order valence-corrected chi connectivity index (χ3v) is 5.40. The van der Waals surface area contributed by atoms with Crippen LogP contribution in [0.5, 0.6) is 0 Å². The average Bonchev–Trinajstić information content (AvgIpc) is 2.73. The number of para-hydroxylation sites is 1. The molecule has 5 nitrogen and oxygen atoms in total. The number of halogens is 1. The molecule has 0 radical (unpaired) electrons. The van der Waals surface area contributed by atoms with E-state index in [0.29, 0.717) is 5.56 Å². The molecule has 0 spiro atoms. The Morgan fingerprint density at radius 2 is 1.66 bits per heavy atom. The lowest BCUT2D eigenvalue weighted by molar-refractivity contribution is -0.122. The number of carbonyl (C=O) groups is 2. The molecule has 2 aromatic carbocycles. The molecule has 29 heavy (non-hydrogen) atoms. The second-order valence-corrected chi connectivity index (χ2v) is 7.44. The van der Waals surface area contributed by atoms with E-state index >= 15 is 0 Å². The van der Waals surface area contributed by atoms with Gasteiger partial charge in [-0.05, 0) is 67.4 Å². The van der Waals surface area contributed by atoms with Crippen molar-refractivity contribution in [1.82, 2.24) is 5.32 Å².